The number of guanidine groups is 1. The fourth-order valence-corrected chi connectivity index (χ4v) is 3.30. The summed E-state index contributed by atoms with van der Waals surface area (Å²) < 4.78 is 5.49. The Morgan fingerprint density at radius 2 is 2.04 bits per heavy atom. The van der Waals surface area contributed by atoms with Gasteiger partial charge in [0.25, 0.3) is 0 Å². The van der Waals surface area contributed by atoms with Crippen LogP contribution >= 0.6 is 0 Å². The molecular formula is C21H35N5O2. The third-order valence-electron chi connectivity index (χ3n) is 4.51. The summed E-state index contributed by atoms with van der Waals surface area (Å²) in [4.78, 5) is 18.8. The number of aliphatic imine (C=N–C) groups is 1. The minimum Gasteiger partial charge on any atom is -0.495 e. The first-order valence-electron chi connectivity index (χ1n) is 10.0. The average Bonchev–Trinajstić information content (AvgIpc) is 3.11. The summed E-state index contributed by atoms with van der Waals surface area (Å²) in [7, 11) is 1.71. The summed E-state index contributed by atoms with van der Waals surface area (Å²) >= 11 is 0. The normalized spacial score (nSPS) is 17.4. The van der Waals surface area contributed by atoms with Crippen molar-refractivity contribution in [3.63, 3.8) is 0 Å². The molecule has 156 valence electrons. The van der Waals surface area contributed by atoms with Crippen LogP contribution in [0.25, 0.3) is 0 Å². The first-order valence-corrected chi connectivity index (χ1v) is 10.0. The van der Waals surface area contributed by atoms with Gasteiger partial charge in [-0.05, 0) is 52.2 Å². The molecule has 0 saturated carbocycles. The molecule has 0 bridgehead atoms. The minimum absolute atomic E-state index is 0.0760. The molecule has 7 heteroatoms. The van der Waals surface area contributed by atoms with Crippen molar-refractivity contribution in [1.82, 2.24) is 16.0 Å². The lowest BCUT2D eigenvalue weighted by atomic mass is 10.1. The van der Waals surface area contributed by atoms with Crippen molar-refractivity contribution in [3.05, 3.63) is 24.3 Å². The summed E-state index contributed by atoms with van der Waals surface area (Å²) in [6, 6.07) is 8.14. The maximum atomic E-state index is 12.0. The highest BCUT2D eigenvalue weighted by atomic mass is 16.5. The highest BCUT2D eigenvalue weighted by Crippen LogP contribution is 2.31. The Morgan fingerprint density at radius 1 is 1.29 bits per heavy atom. The average molecular weight is 390 g/mol. The van der Waals surface area contributed by atoms with Crippen molar-refractivity contribution < 1.29 is 9.53 Å². The molecule has 1 aromatic rings. The molecule has 0 spiro atoms. The second-order valence-corrected chi connectivity index (χ2v) is 8.15. The van der Waals surface area contributed by atoms with E-state index in [9.17, 15) is 4.79 Å². The number of methoxy groups -OCH3 is 1. The van der Waals surface area contributed by atoms with E-state index < -0.39 is 0 Å². The number of nitrogens with zero attached hydrogens (tertiary/aromatic N) is 2. The fraction of sp³-hybridized carbons (Fsp3) is 0.619. The van der Waals surface area contributed by atoms with E-state index in [4.69, 9.17) is 4.74 Å². The number of carbonyl (C=O) groups excluding carboxylic acids is 1. The van der Waals surface area contributed by atoms with Gasteiger partial charge in [0.05, 0.1) is 12.8 Å². The molecule has 1 unspecified atom stereocenters. The summed E-state index contributed by atoms with van der Waals surface area (Å²) in [6.07, 6.45) is 1.11. The van der Waals surface area contributed by atoms with Crippen LogP contribution in [-0.2, 0) is 4.79 Å². The first-order chi connectivity index (χ1) is 13.3. The highest BCUT2D eigenvalue weighted by molar-refractivity contribution is 5.85. The molecule has 1 heterocycles. The van der Waals surface area contributed by atoms with Crippen molar-refractivity contribution in [3.8, 4) is 5.75 Å². The zero-order chi connectivity index (χ0) is 20.6. The van der Waals surface area contributed by atoms with Crippen molar-refractivity contribution in [1.29, 1.82) is 0 Å². The fourth-order valence-electron chi connectivity index (χ4n) is 3.30. The molecule has 7 nitrogen and oxygen atoms in total. The van der Waals surface area contributed by atoms with Crippen molar-refractivity contribution in [2.24, 2.45) is 10.9 Å². The lowest BCUT2D eigenvalue weighted by Gasteiger charge is -2.22. The van der Waals surface area contributed by atoms with Gasteiger partial charge in [-0.1, -0.05) is 12.1 Å². The standard InChI is InChI=1S/C21H35N5O2/c1-6-22-20(24-14-19(27)25-21(2,3)4)23-13-16-11-12-26(15-16)17-9-7-8-10-18(17)28-5/h7-10,16H,6,11-15H2,1-5H3,(H,25,27)(H2,22,23,24). The quantitative estimate of drug-likeness (QED) is 0.491. The monoisotopic (exact) mass is 389 g/mol. The Bertz CT molecular complexity index is 669. The van der Waals surface area contributed by atoms with Crippen molar-refractivity contribution in [2.75, 3.05) is 44.7 Å². The van der Waals surface area contributed by atoms with Gasteiger partial charge in [-0.15, -0.1) is 0 Å². The minimum atomic E-state index is -0.246. The van der Waals surface area contributed by atoms with Crippen LogP contribution in [0.2, 0.25) is 0 Å². The predicted octanol–water partition coefficient (Wildman–Crippen LogP) is 1.99. The number of nitrogens with one attached hydrogen (secondary N) is 3. The summed E-state index contributed by atoms with van der Waals surface area (Å²) in [6.45, 7) is 11.6. The highest BCUT2D eigenvalue weighted by Gasteiger charge is 2.24. The number of anilines is 1. The molecule has 1 aliphatic heterocycles. The van der Waals surface area contributed by atoms with E-state index in [2.05, 4.69) is 31.9 Å². The molecule has 1 saturated heterocycles. The van der Waals surface area contributed by atoms with E-state index in [1.807, 2.05) is 45.9 Å². The van der Waals surface area contributed by atoms with E-state index in [-0.39, 0.29) is 18.0 Å². The number of carbonyl (C=O) groups is 1. The molecular weight excluding hydrogens is 354 g/mol. The smallest absolute Gasteiger partial charge is 0.242 e. The van der Waals surface area contributed by atoms with Crippen molar-refractivity contribution >= 4 is 17.6 Å². The Hall–Kier alpha value is -2.44. The second kappa shape index (κ2) is 10.2. The van der Waals surface area contributed by atoms with E-state index in [1.165, 1.54) is 0 Å². The molecule has 0 aliphatic carbocycles. The Morgan fingerprint density at radius 3 is 2.71 bits per heavy atom. The Labute approximate surface area is 168 Å². The van der Waals surface area contributed by atoms with Gasteiger partial charge >= 0.3 is 0 Å². The number of rotatable bonds is 7. The van der Waals surface area contributed by atoms with E-state index in [0.717, 1.165) is 44.0 Å². The summed E-state index contributed by atoms with van der Waals surface area (Å²) in [5.74, 6) is 2.03. The molecule has 1 fully saturated rings. The number of hydrogen-bond acceptors (Lipinski definition) is 4. The van der Waals surface area contributed by atoms with E-state index >= 15 is 0 Å². The van der Waals surface area contributed by atoms with Gasteiger partial charge in [0.15, 0.2) is 5.96 Å². The number of para-hydroxylation sites is 2. The molecule has 0 radical (unpaired) electrons. The predicted molar refractivity (Wildman–Crippen MR) is 115 cm³/mol. The van der Waals surface area contributed by atoms with Gasteiger partial charge in [0, 0.05) is 31.7 Å². The van der Waals surface area contributed by atoms with Gasteiger partial charge in [-0.3, -0.25) is 4.79 Å². The van der Waals surface area contributed by atoms with Crippen LogP contribution in [0.3, 0.4) is 0 Å². The van der Waals surface area contributed by atoms with Crippen LogP contribution in [0.1, 0.15) is 34.1 Å². The summed E-state index contributed by atoms with van der Waals surface area (Å²) in [5.41, 5.74) is 0.899. The van der Waals surface area contributed by atoms with Crippen LogP contribution in [0.5, 0.6) is 5.75 Å². The molecule has 1 aliphatic rings. The van der Waals surface area contributed by atoms with Gasteiger partial charge in [-0.25, -0.2) is 4.99 Å². The third kappa shape index (κ3) is 6.94. The second-order valence-electron chi connectivity index (χ2n) is 8.15. The molecule has 3 N–H and O–H groups in total. The number of amides is 1. The van der Waals surface area contributed by atoms with Crippen molar-refractivity contribution in [2.45, 2.75) is 39.7 Å². The molecule has 2 rings (SSSR count). The number of benzene rings is 1. The zero-order valence-corrected chi connectivity index (χ0v) is 17.8. The molecule has 1 atom stereocenters. The van der Waals surface area contributed by atoms with Crippen LogP contribution in [-0.4, -0.2) is 57.2 Å². The Balaban J connectivity index is 1.87. The van der Waals surface area contributed by atoms with E-state index in [0.29, 0.717) is 11.9 Å². The largest absolute Gasteiger partial charge is 0.495 e. The van der Waals surface area contributed by atoms with Gasteiger partial charge in [0.2, 0.25) is 5.91 Å². The maximum absolute atomic E-state index is 12.0. The first kappa shape index (κ1) is 21.9. The third-order valence-corrected chi connectivity index (χ3v) is 4.51. The van der Waals surface area contributed by atoms with Crippen LogP contribution < -0.4 is 25.6 Å². The van der Waals surface area contributed by atoms with Crippen LogP contribution in [0.15, 0.2) is 29.3 Å². The Kier molecular flexibility index (Phi) is 7.96. The summed E-state index contributed by atoms with van der Waals surface area (Å²) in [5, 5.41) is 9.52. The lowest BCUT2D eigenvalue weighted by Crippen LogP contribution is -2.44. The molecule has 0 aromatic heterocycles. The van der Waals surface area contributed by atoms with Gasteiger partial charge in [-0.2, -0.15) is 0 Å². The molecule has 1 amide bonds. The molecule has 1 aromatic carbocycles. The number of ether oxygens (including phenoxy) is 1. The van der Waals surface area contributed by atoms with E-state index in [1.54, 1.807) is 7.11 Å². The topological polar surface area (TPSA) is 78.0 Å². The van der Waals surface area contributed by atoms with Crippen LogP contribution in [0.4, 0.5) is 5.69 Å². The zero-order valence-electron chi connectivity index (χ0n) is 17.8. The maximum Gasteiger partial charge on any atom is 0.242 e. The lowest BCUT2D eigenvalue weighted by molar-refractivity contribution is -0.121. The molecule has 28 heavy (non-hydrogen) atoms. The SMILES string of the molecule is CCNC(=NCC(=O)NC(C)(C)C)NCC1CCN(c2ccccc2OC)C1. The van der Waals surface area contributed by atoms with Gasteiger partial charge in [0.1, 0.15) is 12.3 Å². The van der Waals surface area contributed by atoms with Crippen LogP contribution in [0, 0.1) is 5.92 Å². The van der Waals surface area contributed by atoms with Gasteiger partial charge < -0.3 is 25.6 Å². The number of hydrogen-bond donors (Lipinski definition) is 3.